The lowest BCUT2D eigenvalue weighted by Crippen LogP contribution is -2.30. The highest BCUT2D eigenvalue weighted by Gasteiger charge is 2.17. The van der Waals surface area contributed by atoms with E-state index < -0.39 is 0 Å². The maximum Gasteiger partial charge on any atom is 0.338 e. The molecule has 1 aliphatic rings. The van der Waals surface area contributed by atoms with Gasteiger partial charge in [-0.05, 0) is 25.5 Å². The van der Waals surface area contributed by atoms with Crippen molar-refractivity contribution in [3.8, 4) is 0 Å². The highest BCUT2D eigenvalue weighted by molar-refractivity contribution is 5.90. The minimum atomic E-state index is -0.335. The molecule has 1 atom stereocenters. The van der Waals surface area contributed by atoms with Crippen LogP contribution in [0.2, 0.25) is 0 Å². The number of esters is 1. The fraction of sp³-hybridized carbons (Fsp3) is 0.538. The van der Waals surface area contributed by atoms with Gasteiger partial charge < -0.3 is 14.4 Å². The molecule has 5 nitrogen and oxygen atoms in total. The first kappa shape index (κ1) is 12.8. The molecule has 1 aromatic heterocycles. The van der Waals surface area contributed by atoms with Crippen molar-refractivity contribution in [3.63, 3.8) is 0 Å². The molecular formula is C13H18N2O3. The molecule has 1 unspecified atom stereocenters. The Morgan fingerprint density at radius 3 is 3.22 bits per heavy atom. The number of methoxy groups -OCH3 is 1. The third-order valence-corrected chi connectivity index (χ3v) is 2.94. The van der Waals surface area contributed by atoms with Crippen LogP contribution in [0, 0.1) is 0 Å². The van der Waals surface area contributed by atoms with Gasteiger partial charge in [0.2, 0.25) is 0 Å². The molecular weight excluding hydrogens is 232 g/mol. The van der Waals surface area contributed by atoms with E-state index in [2.05, 4.69) is 9.88 Å². The van der Waals surface area contributed by atoms with Gasteiger partial charge in [-0.15, -0.1) is 0 Å². The Hall–Kier alpha value is -1.62. The minimum absolute atomic E-state index is 0.177. The number of anilines is 1. The van der Waals surface area contributed by atoms with Gasteiger partial charge in [0, 0.05) is 25.9 Å². The van der Waals surface area contributed by atoms with Crippen LogP contribution >= 0.6 is 0 Å². The third kappa shape index (κ3) is 2.98. The second-order valence-electron chi connectivity index (χ2n) is 4.38. The summed E-state index contributed by atoms with van der Waals surface area (Å²) in [6.07, 6.45) is 2.78. The number of carbonyl (C=O) groups excluding carboxylic acids is 1. The number of pyridine rings is 1. The van der Waals surface area contributed by atoms with Gasteiger partial charge in [-0.25, -0.2) is 9.78 Å². The molecule has 0 aromatic carbocycles. The van der Waals surface area contributed by atoms with Gasteiger partial charge in [0.1, 0.15) is 5.82 Å². The van der Waals surface area contributed by atoms with E-state index in [0.29, 0.717) is 5.56 Å². The van der Waals surface area contributed by atoms with Gasteiger partial charge in [-0.3, -0.25) is 0 Å². The number of aromatic nitrogens is 1. The van der Waals surface area contributed by atoms with Gasteiger partial charge in [0.05, 0.1) is 18.8 Å². The third-order valence-electron chi connectivity index (χ3n) is 2.94. The summed E-state index contributed by atoms with van der Waals surface area (Å²) in [6.45, 7) is 4.50. The van der Waals surface area contributed by atoms with Gasteiger partial charge >= 0.3 is 5.97 Å². The van der Waals surface area contributed by atoms with Crippen molar-refractivity contribution in [3.05, 3.63) is 23.9 Å². The first-order chi connectivity index (χ1) is 8.70. The number of rotatable bonds is 2. The van der Waals surface area contributed by atoms with Gasteiger partial charge in [0.15, 0.2) is 0 Å². The van der Waals surface area contributed by atoms with Crippen molar-refractivity contribution < 1.29 is 14.3 Å². The summed E-state index contributed by atoms with van der Waals surface area (Å²) < 4.78 is 10.3. The van der Waals surface area contributed by atoms with E-state index in [0.717, 1.165) is 31.9 Å². The lowest BCUT2D eigenvalue weighted by molar-refractivity contribution is 0.0600. The quantitative estimate of drug-likeness (QED) is 0.744. The molecule has 1 aromatic rings. The monoisotopic (exact) mass is 250 g/mol. The van der Waals surface area contributed by atoms with Crippen molar-refractivity contribution in [2.75, 3.05) is 31.7 Å². The maximum absolute atomic E-state index is 11.5. The Morgan fingerprint density at radius 2 is 2.44 bits per heavy atom. The Labute approximate surface area is 107 Å². The molecule has 0 aliphatic carbocycles. The van der Waals surface area contributed by atoms with E-state index in [1.54, 1.807) is 18.3 Å². The van der Waals surface area contributed by atoms with Crippen molar-refractivity contribution in [2.45, 2.75) is 19.4 Å². The van der Waals surface area contributed by atoms with Crippen molar-refractivity contribution >= 4 is 11.8 Å². The number of nitrogens with zero attached hydrogens (tertiary/aromatic N) is 2. The summed E-state index contributed by atoms with van der Waals surface area (Å²) >= 11 is 0. The van der Waals surface area contributed by atoms with Gasteiger partial charge in [-0.1, -0.05) is 0 Å². The van der Waals surface area contributed by atoms with E-state index >= 15 is 0 Å². The molecule has 0 spiro atoms. The Bertz CT molecular complexity index is 422. The summed E-state index contributed by atoms with van der Waals surface area (Å²) in [5.41, 5.74) is 0.528. The number of hydrogen-bond donors (Lipinski definition) is 0. The highest BCUT2D eigenvalue weighted by atomic mass is 16.5. The van der Waals surface area contributed by atoms with E-state index in [1.165, 1.54) is 7.11 Å². The van der Waals surface area contributed by atoms with Crippen LogP contribution in [-0.4, -0.2) is 43.9 Å². The van der Waals surface area contributed by atoms with E-state index in [4.69, 9.17) is 9.47 Å². The summed E-state index contributed by atoms with van der Waals surface area (Å²) in [4.78, 5) is 17.9. The molecule has 98 valence electrons. The van der Waals surface area contributed by atoms with Crippen molar-refractivity contribution in [2.24, 2.45) is 0 Å². The minimum Gasteiger partial charge on any atom is -0.465 e. The molecule has 2 rings (SSSR count). The fourth-order valence-electron chi connectivity index (χ4n) is 2.04. The molecule has 18 heavy (non-hydrogen) atoms. The average molecular weight is 250 g/mol. The first-order valence-corrected chi connectivity index (χ1v) is 6.11. The molecule has 1 fully saturated rings. The van der Waals surface area contributed by atoms with Crippen LogP contribution in [0.15, 0.2) is 18.3 Å². The predicted octanol–water partition coefficient (Wildman–Crippen LogP) is 1.48. The summed E-state index contributed by atoms with van der Waals surface area (Å²) in [6, 6.07) is 3.43. The van der Waals surface area contributed by atoms with Crippen molar-refractivity contribution in [1.29, 1.82) is 0 Å². The largest absolute Gasteiger partial charge is 0.465 e. The Kier molecular flexibility index (Phi) is 4.15. The van der Waals surface area contributed by atoms with Crippen LogP contribution in [-0.2, 0) is 9.47 Å². The average Bonchev–Trinajstić information content (AvgIpc) is 2.62. The zero-order valence-corrected chi connectivity index (χ0v) is 10.8. The molecule has 0 amide bonds. The second-order valence-corrected chi connectivity index (χ2v) is 4.38. The maximum atomic E-state index is 11.5. The standard InChI is InChI=1S/C13H18N2O3/c1-10-9-15(6-3-7-18-10)12-8-11(4-5-14-12)13(16)17-2/h4-5,8,10H,3,6-7,9H2,1-2H3. The smallest absolute Gasteiger partial charge is 0.338 e. The van der Waals surface area contributed by atoms with Crippen LogP contribution in [0.25, 0.3) is 0 Å². The Morgan fingerprint density at radius 1 is 1.61 bits per heavy atom. The predicted molar refractivity (Wildman–Crippen MR) is 67.8 cm³/mol. The lowest BCUT2D eigenvalue weighted by atomic mass is 10.2. The number of carbonyl (C=O) groups is 1. The van der Waals surface area contributed by atoms with Crippen LogP contribution in [0.3, 0.4) is 0 Å². The molecule has 1 aliphatic heterocycles. The van der Waals surface area contributed by atoms with Crippen LogP contribution in [0.1, 0.15) is 23.7 Å². The van der Waals surface area contributed by atoms with Crippen LogP contribution < -0.4 is 4.90 Å². The zero-order valence-electron chi connectivity index (χ0n) is 10.8. The molecule has 0 N–H and O–H groups in total. The molecule has 1 saturated heterocycles. The summed E-state index contributed by atoms with van der Waals surface area (Å²) in [5, 5.41) is 0. The first-order valence-electron chi connectivity index (χ1n) is 6.11. The van der Waals surface area contributed by atoms with Crippen LogP contribution in [0.5, 0.6) is 0 Å². The topological polar surface area (TPSA) is 51.7 Å². The van der Waals surface area contributed by atoms with E-state index in [-0.39, 0.29) is 12.1 Å². The van der Waals surface area contributed by atoms with Gasteiger partial charge in [0.25, 0.3) is 0 Å². The molecule has 0 bridgehead atoms. The molecule has 0 saturated carbocycles. The SMILES string of the molecule is COC(=O)c1ccnc(N2CCCOC(C)C2)c1. The van der Waals surface area contributed by atoms with E-state index in [1.807, 2.05) is 6.92 Å². The highest BCUT2D eigenvalue weighted by Crippen LogP contribution is 2.17. The Balaban J connectivity index is 2.18. The number of hydrogen-bond acceptors (Lipinski definition) is 5. The van der Waals surface area contributed by atoms with Crippen LogP contribution in [0.4, 0.5) is 5.82 Å². The van der Waals surface area contributed by atoms with Crippen molar-refractivity contribution in [1.82, 2.24) is 4.98 Å². The van der Waals surface area contributed by atoms with Gasteiger partial charge in [-0.2, -0.15) is 0 Å². The molecule has 2 heterocycles. The lowest BCUT2D eigenvalue weighted by Gasteiger charge is -2.23. The summed E-state index contributed by atoms with van der Waals surface area (Å²) in [5.74, 6) is 0.466. The molecule has 0 radical (unpaired) electrons. The van der Waals surface area contributed by atoms with E-state index in [9.17, 15) is 4.79 Å². The zero-order chi connectivity index (χ0) is 13.0. The normalized spacial score (nSPS) is 20.3. The fourth-order valence-corrected chi connectivity index (χ4v) is 2.04. The number of ether oxygens (including phenoxy) is 2. The second kappa shape index (κ2) is 5.82. The summed E-state index contributed by atoms with van der Waals surface area (Å²) in [7, 11) is 1.38. The molecule has 5 heteroatoms.